The molecule has 1 aliphatic heterocycles. The zero-order chi connectivity index (χ0) is 19.4. The van der Waals surface area contributed by atoms with Crippen molar-refractivity contribution in [2.45, 2.75) is 24.8 Å². The number of para-hydroxylation sites is 1. The molecule has 2 aromatic rings. The van der Waals surface area contributed by atoms with E-state index in [0.29, 0.717) is 11.4 Å². The van der Waals surface area contributed by atoms with Crippen molar-refractivity contribution in [3.63, 3.8) is 0 Å². The lowest BCUT2D eigenvalue weighted by Gasteiger charge is -2.22. The summed E-state index contributed by atoms with van der Waals surface area (Å²) in [5, 5.41) is 3.36. The molecule has 1 N–H and O–H groups in total. The molecule has 0 fully saturated rings. The highest BCUT2D eigenvalue weighted by atomic mass is 32.2. The molecule has 0 spiro atoms. The Bertz CT molecular complexity index is 921. The van der Waals surface area contributed by atoms with E-state index in [-0.39, 0.29) is 0 Å². The van der Waals surface area contributed by atoms with E-state index in [1.165, 1.54) is 29.7 Å². The fourth-order valence-corrected chi connectivity index (χ4v) is 4.00. The number of sulfonamides is 1. The molecule has 0 saturated carbocycles. The molecule has 0 aromatic heterocycles. The smallest absolute Gasteiger partial charge is 0.242 e. The van der Waals surface area contributed by atoms with E-state index >= 15 is 0 Å². The predicted molar refractivity (Wildman–Crippen MR) is 110 cm³/mol. The number of fused-ring (bicyclic) bond motifs is 1. The van der Waals surface area contributed by atoms with Crippen LogP contribution in [0.15, 0.2) is 58.4 Å². The molecule has 1 aliphatic rings. The first-order valence-electron chi connectivity index (χ1n) is 9.08. The van der Waals surface area contributed by atoms with Crippen molar-refractivity contribution in [2.75, 3.05) is 32.1 Å². The van der Waals surface area contributed by atoms with Gasteiger partial charge in [0.25, 0.3) is 0 Å². The van der Waals surface area contributed by atoms with E-state index in [0.717, 1.165) is 31.0 Å². The van der Waals surface area contributed by atoms with Gasteiger partial charge in [-0.1, -0.05) is 30.3 Å². The van der Waals surface area contributed by atoms with Gasteiger partial charge in [0.1, 0.15) is 0 Å². The van der Waals surface area contributed by atoms with Gasteiger partial charge < -0.3 is 10.2 Å². The van der Waals surface area contributed by atoms with Crippen LogP contribution in [0.25, 0.3) is 0 Å². The highest BCUT2D eigenvalue weighted by Gasteiger charge is 2.22. The standard InChI is InChI=1S/C20H26N4O2S/c1-4-21-20(24-14-13-17-7-5-6-8-19(17)24)22-15-16-9-11-18(12-10-16)27(25,26)23(2)3/h5-12H,4,13-15H2,1-3H3,(H,21,22). The lowest BCUT2D eigenvalue weighted by Crippen LogP contribution is -2.40. The Morgan fingerprint density at radius 1 is 1.15 bits per heavy atom. The number of benzene rings is 2. The fraction of sp³-hybridized carbons (Fsp3) is 0.350. The van der Waals surface area contributed by atoms with Crippen molar-refractivity contribution in [2.24, 2.45) is 4.99 Å². The third-order valence-corrected chi connectivity index (χ3v) is 6.42. The van der Waals surface area contributed by atoms with Crippen molar-refractivity contribution in [1.82, 2.24) is 9.62 Å². The third kappa shape index (κ3) is 4.14. The zero-order valence-corrected chi connectivity index (χ0v) is 16.8. The number of hydrogen-bond donors (Lipinski definition) is 1. The maximum atomic E-state index is 12.2. The molecule has 1 heterocycles. The molecule has 27 heavy (non-hydrogen) atoms. The summed E-state index contributed by atoms with van der Waals surface area (Å²) in [7, 11) is -0.339. The SMILES string of the molecule is CCNC(=NCc1ccc(S(=O)(=O)N(C)C)cc1)N1CCc2ccccc21. The monoisotopic (exact) mass is 386 g/mol. The average molecular weight is 387 g/mol. The molecule has 0 unspecified atom stereocenters. The lowest BCUT2D eigenvalue weighted by molar-refractivity contribution is 0.520. The largest absolute Gasteiger partial charge is 0.356 e. The van der Waals surface area contributed by atoms with Crippen LogP contribution in [0.2, 0.25) is 0 Å². The van der Waals surface area contributed by atoms with Gasteiger partial charge in [0, 0.05) is 32.9 Å². The van der Waals surface area contributed by atoms with E-state index in [1.807, 2.05) is 18.2 Å². The summed E-state index contributed by atoms with van der Waals surface area (Å²) in [6.45, 7) is 4.24. The van der Waals surface area contributed by atoms with Crippen molar-refractivity contribution >= 4 is 21.7 Å². The molecule has 0 atom stereocenters. The van der Waals surface area contributed by atoms with Crippen LogP contribution >= 0.6 is 0 Å². The summed E-state index contributed by atoms with van der Waals surface area (Å²) < 4.78 is 25.6. The predicted octanol–water partition coefficient (Wildman–Crippen LogP) is 2.47. The number of aliphatic imine (C=N–C) groups is 1. The number of rotatable bonds is 5. The Morgan fingerprint density at radius 3 is 2.52 bits per heavy atom. The third-order valence-electron chi connectivity index (χ3n) is 4.59. The second kappa shape index (κ2) is 8.10. The van der Waals surface area contributed by atoms with Crippen molar-refractivity contribution < 1.29 is 8.42 Å². The Balaban J connectivity index is 1.79. The molecular weight excluding hydrogens is 360 g/mol. The Kier molecular flexibility index (Phi) is 5.82. The first-order chi connectivity index (χ1) is 12.9. The molecular formula is C20H26N4O2S. The van der Waals surface area contributed by atoms with Gasteiger partial charge in [0.05, 0.1) is 11.4 Å². The van der Waals surface area contributed by atoms with E-state index in [4.69, 9.17) is 4.99 Å². The topological polar surface area (TPSA) is 65.0 Å². The van der Waals surface area contributed by atoms with Crippen LogP contribution in [-0.2, 0) is 23.0 Å². The highest BCUT2D eigenvalue weighted by Crippen LogP contribution is 2.27. The maximum Gasteiger partial charge on any atom is 0.242 e. The lowest BCUT2D eigenvalue weighted by atomic mass is 10.2. The summed E-state index contributed by atoms with van der Waals surface area (Å²) in [6.07, 6.45) is 1.01. The number of guanidine groups is 1. The first-order valence-corrected chi connectivity index (χ1v) is 10.5. The van der Waals surface area contributed by atoms with Gasteiger partial charge in [0.2, 0.25) is 10.0 Å². The summed E-state index contributed by atoms with van der Waals surface area (Å²) in [5.74, 6) is 0.854. The molecule has 0 radical (unpaired) electrons. The Morgan fingerprint density at radius 2 is 1.85 bits per heavy atom. The molecule has 0 bridgehead atoms. The molecule has 6 nitrogen and oxygen atoms in total. The Hall–Kier alpha value is -2.38. The van der Waals surface area contributed by atoms with Gasteiger partial charge in [-0.05, 0) is 42.7 Å². The summed E-state index contributed by atoms with van der Waals surface area (Å²) in [6, 6.07) is 15.3. The molecule has 0 saturated heterocycles. The summed E-state index contributed by atoms with van der Waals surface area (Å²) in [4.78, 5) is 7.27. The van der Waals surface area contributed by atoms with Crippen LogP contribution in [-0.4, -0.2) is 45.9 Å². The molecule has 3 rings (SSSR count). The van der Waals surface area contributed by atoms with Crippen molar-refractivity contribution in [3.8, 4) is 0 Å². The average Bonchev–Trinajstić information content (AvgIpc) is 3.09. The molecule has 0 aliphatic carbocycles. The van der Waals surface area contributed by atoms with Crippen LogP contribution in [0, 0.1) is 0 Å². The molecule has 144 valence electrons. The van der Waals surface area contributed by atoms with Gasteiger partial charge in [-0.15, -0.1) is 0 Å². The zero-order valence-electron chi connectivity index (χ0n) is 16.0. The minimum atomic E-state index is -3.40. The summed E-state index contributed by atoms with van der Waals surface area (Å²) in [5.41, 5.74) is 3.50. The van der Waals surface area contributed by atoms with E-state index in [2.05, 4.69) is 35.3 Å². The highest BCUT2D eigenvalue weighted by molar-refractivity contribution is 7.89. The quantitative estimate of drug-likeness (QED) is 0.633. The maximum absolute atomic E-state index is 12.2. The van der Waals surface area contributed by atoms with Crippen LogP contribution < -0.4 is 10.2 Å². The van der Waals surface area contributed by atoms with E-state index in [1.54, 1.807) is 12.1 Å². The molecule has 2 aromatic carbocycles. The van der Waals surface area contributed by atoms with Crippen molar-refractivity contribution in [1.29, 1.82) is 0 Å². The normalized spacial score (nSPS) is 14.5. The fourth-order valence-electron chi connectivity index (χ4n) is 3.10. The van der Waals surface area contributed by atoms with Crippen LogP contribution in [0.5, 0.6) is 0 Å². The van der Waals surface area contributed by atoms with Gasteiger partial charge in [-0.2, -0.15) is 0 Å². The Labute approximate surface area is 161 Å². The molecule has 7 heteroatoms. The second-order valence-corrected chi connectivity index (χ2v) is 8.78. The second-order valence-electron chi connectivity index (χ2n) is 6.63. The van der Waals surface area contributed by atoms with Crippen LogP contribution in [0.1, 0.15) is 18.1 Å². The van der Waals surface area contributed by atoms with Gasteiger partial charge in [-0.25, -0.2) is 17.7 Å². The van der Waals surface area contributed by atoms with E-state index in [9.17, 15) is 8.42 Å². The summed E-state index contributed by atoms with van der Waals surface area (Å²) >= 11 is 0. The number of nitrogens with one attached hydrogen (secondary N) is 1. The van der Waals surface area contributed by atoms with Crippen molar-refractivity contribution in [3.05, 3.63) is 59.7 Å². The van der Waals surface area contributed by atoms with Gasteiger partial charge >= 0.3 is 0 Å². The van der Waals surface area contributed by atoms with Gasteiger partial charge in [0.15, 0.2) is 5.96 Å². The number of hydrogen-bond acceptors (Lipinski definition) is 3. The molecule has 0 amide bonds. The van der Waals surface area contributed by atoms with Crippen LogP contribution in [0.4, 0.5) is 5.69 Å². The number of anilines is 1. The first kappa shape index (κ1) is 19.4. The van der Waals surface area contributed by atoms with Crippen LogP contribution in [0.3, 0.4) is 0 Å². The minimum Gasteiger partial charge on any atom is -0.356 e. The minimum absolute atomic E-state index is 0.292. The number of nitrogens with zero attached hydrogens (tertiary/aromatic N) is 3. The van der Waals surface area contributed by atoms with E-state index < -0.39 is 10.0 Å². The van der Waals surface area contributed by atoms with Gasteiger partial charge in [-0.3, -0.25) is 0 Å².